The summed E-state index contributed by atoms with van der Waals surface area (Å²) in [5, 5.41) is 3.49. The monoisotopic (exact) mass is 355 g/mol. The first-order chi connectivity index (χ1) is 11.6. The van der Waals surface area contributed by atoms with Gasteiger partial charge in [-0.05, 0) is 55.2 Å². The molecule has 5 heteroatoms. The Kier molecular flexibility index (Phi) is 5.77. The third-order valence-electron chi connectivity index (χ3n) is 5.20. The van der Waals surface area contributed by atoms with Crippen LogP contribution in [-0.4, -0.2) is 26.1 Å². The van der Waals surface area contributed by atoms with Crippen molar-refractivity contribution in [2.75, 3.05) is 13.7 Å². The minimum absolute atomic E-state index is 0.00731. The maximum atomic E-state index is 15.3. The van der Waals surface area contributed by atoms with Crippen LogP contribution in [0.2, 0.25) is 0 Å². The van der Waals surface area contributed by atoms with Crippen LogP contribution in [0.5, 0.6) is 0 Å². The number of piperidine rings is 1. The zero-order chi connectivity index (χ0) is 17.1. The van der Waals surface area contributed by atoms with Gasteiger partial charge in [-0.25, -0.2) is 8.78 Å². The molecule has 1 fully saturated rings. The zero-order valence-electron chi connectivity index (χ0n) is 13.9. The van der Waals surface area contributed by atoms with Gasteiger partial charge in [0.25, 0.3) is 0 Å². The molecule has 3 aliphatic rings. The molecule has 5 atom stereocenters. The van der Waals surface area contributed by atoms with Gasteiger partial charge in [0, 0.05) is 11.6 Å². The van der Waals surface area contributed by atoms with Gasteiger partial charge in [-0.3, -0.25) is 5.32 Å². The second-order valence-corrected chi connectivity index (χ2v) is 7.26. The molecule has 0 saturated carbocycles. The van der Waals surface area contributed by atoms with E-state index in [0.29, 0.717) is 30.2 Å². The molecule has 1 saturated heterocycles. The maximum Gasteiger partial charge on any atom is 0.151 e. The van der Waals surface area contributed by atoms with Crippen molar-refractivity contribution in [3.63, 3.8) is 0 Å². The van der Waals surface area contributed by atoms with Gasteiger partial charge in [-0.1, -0.05) is 29.8 Å². The molecule has 2 nitrogen and oxygen atoms in total. The number of methoxy groups -OCH3 is 1. The van der Waals surface area contributed by atoms with Crippen LogP contribution in [0.15, 0.2) is 46.7 Å². The Labute approximate surface area is 147 Å². The Morgan fingerprint density at radius 1 is 1.29 bits per heavy atom. The Morgan fingerprint density at radius 3 is 2.79 bits per heavy atom. The van der Waals surface area contributed by atoms with Crippen molar-refractivity contribution in [1.82, 2.24) is 5.32 Å². The predicted molar refractivity (Wildman–Crippen MR) is 93.0 cm³/mol. The van der Waals surface area contributed by atoms with Gasteiger partial charge in [0.05, 0.1) is 13.0 Å². The molecule has 0 aromatic heterocycles. The standard InChI is InChI=1S/C19H24ClF2NO/c1-24-16-7-6-14(9-12-5-8-17(21)23-11-12)19(22)18(16)13-3-2-4-15(20)10-13/h2,4,6-7,10,12-13,17-19,23H,3,5,8-9,11H2,1H3. The summed E-state index contributed by atoms with van der Waals surface area (Å²) < 4.78 is 33.9. The first-order valence-electron chi connectivity index (χ1n) is 8.58. The fourth-order valence-corrected chi connectivity index (χ4v) is 4.14. The molecule has 2 aliphatic carbocycles. The van der Waals surface area contributed by atoms with E-state index in [1.165, 1.54) is 0 Å². The van der Waals surface area contributed by atoms with E-state index >= 15 is 4.39 Å². The van der Waals surface area contributed by atoms with E-state index in [9.17, 15) is 4.39 Å². The Hall–Kier alpha value is -1.13. The molecule has 5 unspecified atom stereocenters. The number of rotatable bonds is 4. The van der Waals surface area contributed by atoms with E-state index in [0.717, 1.165) is 18.4 Å². The van der Waals surface area contributed by atoms with E-state index in [1.54, 1.807) is 7.11 Å². The minimum Gasteiger partial charge on any atom is -0.501 e. The Morgan fingerprint density at radius 2 is 2.12 bits per heavy atom. The van der Waals surface area contributed by atoms with E-state index in [1.807, 2.05) is 30.4 Å². The van der Waals surface area contributed by atoms with Crippen LogP contribution in [-0.2, 0) is 4.74 Å². The second-order valence-electron chi connectivity index (χ2n) is 6.82. The molecule has 1 aliphatic heterocycles. The molecule has 1 heterocycles. The lowest BCUT2D eigenvalue weighted by Crippen LogP contribution is -2.37. The van der Waals surface area contributed by atoms with Crippen LogP contribution in [0.25, 0.3) is 0 Å². The molecule has 0 bridgehead atoms. The highest BCUT2D eigenvalue weighted by Crippen LogP contribution is 2.41. The molecule has 0 aromatic carbocycles. The van der Waals surface area contributed by atoms with Crippen molar-refractivity contribution in [2.45, 2.75) is 38.2 Å². The molecular weight excluding hydrogens is 332 g/mol. The Balaban J connectivity index is 1.73. The topological polar surface area (TPSA) is 21.3 Å². The number of nitrogens with one attached hydrogen (secondary N) is 1. The van der Waals surface area contributed by atoms with E-state index in [2.05, 4.69) is 5.32 Å². The van der Waals surface area contributed by atoms with Gasteiger partial charge in [0.15, 0.2) is 6.30 Å². The van der Waals surface area contributed by atoms with Gasteiger partial charge in [-0.15, -0.1) is 0 Å². The molecule has 0 aromatic rings. The molecule has 3 rings (SSSR count). The number of halogens is 3. The minimum atomic E-state index is -1.09. The van der Waals surface area contributed by atoms with Gasteiger partial charge < -0.3 is 4.74 Å². The highest BCUT2D eigenvalue weighted by atomic mass is 35.5. The summed E-state index contributed by atoms with van der Waals surface area (Å²) in [7, 11) is 1.58. The van der Waals surface area contributed by atoms with Crippen molar-refractivity contribution < 1.29 is 13.5 Å². The van der Waals surface area contributed by atoms with E-state index in [-0.39, 0.29) is 17.8 Å². The number of alkyl halides is 2. The van der Waals surface area contributed by atoms with Gasteiger partial charge in [0.2, 0.25) is 0 Å². The van der Waals surface area contributed by atoms with Gasteiger partial charge >= 0.3 is 0 Å². The van der Waals surface area contributed by atoms with Crippen LogP contribution < -0.4 is 5.32 Å². The third kappa shape index (κ3) is 3.92. The van der Waals surface area contributed by atoms with Crippen LogP contribution in [0.1, 0.15) is 25.7 Å². The van der Waals surface area contributed by atoms with Crippen LogP contribution in [0, 0.1) is 17.8 Å². The lowest BCUT2D eigenvalue weighted by Gasteiger charge is -2.35. The first kappa shape index (κ1) is 17.7. The molecule has 0 radical (unpaired) electrons. The van der Waals surface area contributed by atoms with Crippen molar-refractivity contribution in [2.24, 2.45) is 17.8 Å². The zero-order valence-corrected chi connectivity index (χ0v) is 14.6. The smallest absolute Gasteiger partial charge is 0.151 e. The van der Waals surface area contributed by atoms with Crippen molar-refractivity contribution in [3.8, 4) is 0 Å². The number of ether oxygens (including phenoxy) is 1. The largest absolute Gasteiger partial charge is 0.501 e. The second kappa shape index (κ2) is 7.83. The molecule has 24 heavy (non-hydrogen) atoms. The van der Waals surface area contributed by atoms with Crippen molar-refractivity contribution >= 4 is 11.6 Å². The molecule has 0 amide bonds. The number of hydrogen-bond donors (Lipinski definition) is 1. The summed E-state index contributed by atoms with van der Waals surface area (Å²) in [4.78, 5) is 0. The molecule has 1 N–H and O–H groups in total. The van der Waals surface area contributed by atoms with Gasteiger partial charge in [0.1, 0.15) is 11.9 Å². The lowest BCUT2D eigenvalue weighted by atomic mass is 9.75. The Bertz CT molecular complexity index is 576. The molecule has 0 spiro atoms. The fourth-order valence-electron chi connectivity index (χ4n) is 3.88. The molecular formula is C19H24ClF2NO. The SMILES string of the molecule is COC1=CC=C(CC2CCC(F)NC2)C(F)C1C1C=C(Cl)C=CC1. The third-order valence-corrected chi connectivity index (χ3v) is 5.45. The summed E-state index contributed by atoms with van der Waals surface area (Å²) in [6.45, 7) is 0.606. The summed E-state index contributed by atoms with van der Waals surface area (Å²) in [5.74, 6) is 0.592. The van der Waals surface area contributed by atoms with E-state index < -0.39 is 12.5 Å². The summed E-state index contributed by atoms with van der Waals surface area (Å²) >= 11 is 6.11. The average Bonchev–Trinajstić information content (AvgIpc) is 2.58. The summed E-state index contributed by atoms with van der Waals surface area (Å²) in [6.07, 6.45) is 10.2. The predicted octanol–water partition coefficient (Wildman–Crippen LogP) is 4.80. The van der Waals surface area contributed by atoms with Crippen molar-refractivity contribution in [1.29, 1.82) is 0 Å². The van der Waals surface area contributed by atoms with Crippen LogP contribution >= 0.6 is 11.6 Å². The first-order valence-corrected chi connectivity index (χ1v) is 8.96. The van der Waals surface area contributed by atoms with Crippen molar-refractivity contribution in [3.05, 3.63) is 46.7 Å². The maximum absolute atomic E-state index is 15.3. The number of hydrogen-bond acceptors (Lipinski definition) is 2. The van der Waals surface area contributed by atoms with Gasteiger partial charge in [-0.2, -0.15) is 0 Å². The summed E-state index contributed by atoms with van der Waals surface area (Å²) in [6, 6.07) is 0. The highest BCUT2D eigenvalue weighted by Gasteiger charge is 2.38. The quantitative estimate of drug-likeness (QED) is 0.732. The fraction of sp³-hybridized carbons (Fsp3) is 0.579. The summed E-state index contributed by atoms with van der Waals surface area (Å²) in [5.41, 5.74) is 0.781. The molecule has 132 valence electrons. The van der Waals surface area contributed by atoms with Crippen LogP contribution in [0.4, 0.5) is 8.78 Å². The number of allylic oxidation sites excluding steroid dienone is 8. The van der Waals surface area contributed by atoms with E-state index in [4.69, 9.17) is 16.3 Å². The highest BCUT2D eigenvalue weighted by molar-refractivity contribution is 6.31. The average molecular weight is 356 g/mol. The lowest BCUT2D eigenvalue weighted by molar-refractivity contribution is 0.143. The normalized spacial score (nSPS) is 36.7. The van der Waals surface area contributed by atoms with Crippen LogP contribution in [0.3, 0.4) is 0 Å².